The van der Waals surface area contributed by atoms with E-state index >= 15 is 0 Å². The first-order chi connectivity index (χ1) is 13.0. The molecule has 0 amide bonds. The van der Waals surface area contributed by atoms with Crippen LogP contribution in [-0.2, 0) is 0 Å². The van der Waals surface area contributed by atoms with E-state index in [-0.39, 0.29) is 11.4 Å². The fourth-order valence-electron chi connectivity index (χ4n) is 2.34. The zero-order valence-electron chi connectivity index (χ0n) is 14.1. The number of methoxy groups -OCH3 is 1. The quantitative estimate of drug-likeness (QED) is 0.650. The standard InChI is InChI=1S/C20H12F2N2O3/c1-26-15-4-2-3-12(9-15)18-8-5-13(11-23)19(24-18)27-20(25)16-7-6-14(21)10-17(16)22/h2-10H,1H3. The molecule has 0 atom stereocenters. The Morgan fingerprint density at radius 3 is 2.63 bits per heavy atom. The van der Waals surface area contributed by atoms with E-state index < -0.39 is 23.2 Å². The monoisotopic (exact) mass is 366 g/mol. The van der Waals surface area contributed by atoms with Crippen LogP contribution in [0, 0.1) is 23.0 Å². The summed E-state index contributed by atoms with van der Waals surface area (Å²) in [5.74, 6) is -2.64. The molecule has 0 radical (unpaired) electrons. The van der Waals surface area contributed by atoms with E-state index in [0.717, 1.165) is 12.1 Å². The molecule has 5 nitrogen and oxygen atoms in total. The van der Waals surface area contributed by atoms with Crippen molar-refractivity contribution in [3.05, 3.63) is 77.4 Å². The molecule has 3 aromatic rings. The molecule has 2 aromatic carbocycles. The van der Waals surface area contributed by atoms with Gasteiger partial charge in [-0.15, -0.1) is 0 Å². The number of ether oxygens (including phenoxy) is 2. The Bertz CT molecular complexity index is 1060. The Hall–Kier alpha value is -3.79. The molecule has 0 spiro atoms. The third-order valence-electron chi connectivity index (χ3n) is 3.69. The lowest BCUT2D eigenvalue weighted by molar-refractivity contribution is 0.0722. The maximum atomic E-state index is 13.8. The number of benzene rings is 2. The fourth-order valence-corrected chi connectivity index (χ4v) is 2.34. The van der Waals surface area contributed by atoms with Crippen LogP contribution in [0.4, 0.5) is 8.78 Å². The molecule has 0 unspecified atom stereocenters. The van der Waals surface area contributed by atoms with Crippen molar-refractivity contribution in [1.29, 1.82) is 5.26 Å². The molecule has 134 valence electrons. The van der Waals surface area contributed by atoms with Gasteiger partial charge in [-0.1, -0.05) is 12.1 Å². The minimum Gasteiger partial charge on any atom is -0.497 e. The molecule has 1 aromatic heterocycles. The summed E-state index contributed by atoms with van der Waals surface area (Å²) in [6, 6.07) is 14.4. The average Bonchev–Trinajstić information content (AvgIpc) is 2.67. The van der Waals surface area contributed by atoms with Crippen molar-refractivity contribution in [3.63, 3.8) is 0 Å². The molecular formula is C20H12F2N2O3. The minimum absolute atomic E-state index is 0.00230. The highest BCUT2D eigenvalue weighted by atomic mass is 19.1. The summed E-state index contributed by atoms with van der Waals surface area (Å²) in [6.07, 6.45) is 0. The minimum atomic E-state index is -1.08. The number of aromatic nitrogens is 1. The van der Waals surface area contributed by atoms with Gasteiger partial charge >= 0.3 is 5.97 Å². The lowest BCUT2D eigenvalue weighted by atomic mass is 10.1. The number of hydrogen-bond donors (Lipinski definition) is 0. The molecular weight excluding hydrogens is 354 g/mol. The fraction of sp³-hybridized carbons (Fsp3) is 0.0500. The summed E-state index contributed by atoms with van der Waals surface area (Å²) in [4.78, 5) is 16.4. The van der Waals surface area contributed by atoms with E-state index in [9.17, 15) is 18.8 Å². The van der Waals surface area contributed by atoms with Gasteiger partial charge in [0.15, 0.2) is 0 Å². The van der Waals surface area contributed by atoms with Gasteiger partial charge in [-0.3, -0.25) is 0 Å². The van der Waals surface area contributed by atoms with Crippen molar-refractivity contribution in [2.24, 2.45) is 0 Å². The van der Waals surface area contributed by atoms with Crippen molar-refractivity contribution in [2.45, 2.75) is 0 Å². The molecule has 0 aliphatic carbocycles. The van der Waals surface area contributed by atoms with E-state index in [1.54, 1.807) is 30.3 Å². The van der Waals surface area contributed by atoms with Gasteiger partial charge in [0.25, 0.3) is 0 Å². The number of rotatable bonds is 4. The third kappa shape index (κ3) is 3.90. The second-order valence-electron chi connectivity index (χ2n) is 5.41. The van der Waals surface area contributed by atoms with Gasteiger partial charge in [0.1, 0.15) is 29.0 Å². The van der Waals surface area contributed by atoms with Crippen molar-refractivity contribution >= 4 is 5.97 Å². The van der Waals surface area contributed by atoms with Crippen LogP contribution in [0.3, 0.4) is 0 Å². The zero-order chi connectivity index (χ0) is 19.4. The van der Waals surface area contributed by atoms with Crippen LogP contribution in [-0.4, -0.2) is 18.1 Å². The van der Waals surface area contributed by atoms with E-state index in [2.05, 4.69) is 4.98 Å². The van der Waals surface area contributed by atoms with Gasteiger partial charge < -0.3 is 9.47 Å². The molecule has 0 saturated carbocycles. The second-order valence-corrected chi connectivity index (χ2v) is 5.41. The van der Waals surface area contributed by atoms with Crippen LogP contribution < -0.4 is 9.47 Å². The zero-order valence-corrected chi connectivity index (χ0v) is 14.1. The van der Waals surface area contributed by atoms with E-state index in [4.69, 9.17) is 9.47 Å². The number of nitrogens with zero attached hydrogens (tertiary/aromatic N) is 2. The molecule has 27 heavy (non-hydrogen) atoms. The van der Waals surface area contributed by atoms with Gasteiger partial charge in [-0.05, 0) is 36.4 Å². The first kappa shape index (κ1) is 18.0. The van der Waals surface area contributed by atoms with Gasteiger partial charge in [0.2, 0.25) is 5.88 Å². The number of carbonyl (C=O) groups is 1. The normalized spacial score (nSPS) is 10.1. The highest BCUT2D eigenvalue weighted by Gasteiger charge is 2.18. The maximum Gasteiger partial charge on any atom is 0.347 e. The molecule has 0 aliphatic rings. The van der Waals surface area contributed by atoms with Gasteiger partial charge in [0, 0.05) is 11.6 Å². The van der Waals surface area contributed by atoms with Crippen LogP contribution in [0.25, 0.3) is 11.3 Å². The van der Waals surface area contributed by atoms with Crippen LogP contribution in [0.1, 0.15) is 15.9 Å². The summed E-state index contributed by atoms with van der Waals surface area (Å²) in [7, 11) is 1.52. The lowest BCUT2D eigenvalue weighted by Gasteiger charge is -2.09. The number of hydrogen-bond acceptors (Lipinski definition) is 5. The van der Waals surface area contributed by atoms with Crippen LogP contribution >= 0.6 is 0 Å². The molecule has 3 rings (SSSR count). The molecule has 0 fully saturated rings. The maximum absolute atomic E-state index is 13.8. The van der Waals surface area contributed by atoms with Crippen LogP contribution in [0.5, 0.6) is 11.6 Å². The largest absolute Gasteiger partial charge is 0.497 e. The lowest BCUT2D eigenvalue weighted by Crippen LogP contribution is -2.13. The number of esters is 1. The van der Waals surface area contributed by atoms with E-state index in [0.29, 0.717) is 23.1 Å². The van der Waals surface area contributed by atoms with Crippen LogP contribution in [0.2, 0.25) is 0 Å². The van der Waals surface area contributed by atoms with E-state index in [1.807, 2.05) is 6.07 Å². The van der Waals surface area contributed by atoms with Crippen molar-refractivity contribution < 1.29 is 23.0 Å². The van der Waals surface area contributed by atoms with Crippen molar-refractivity contribution in [1.82, 2.24) is 4.98 Å². The summed E-state index contributed by atoms with van der Waals surface area (Å²) in [6.45, 7) is 0. The summed E-state index contributed by atoms with van der Waals surface area (Å²) in [5, 5.41) is 9.21. The Kier molecular flexibility index (Phi) is 5.08. The Balaban J connectivity index is 1.96. The molecule has 0 bridgehead atoms. The highest BCUT2D eigenvalue weighted by Crippen LogP contribution is 2.26. The molecule has 0 aliphatic heterocycles. The number of halogens is 2. The highest BCUT2D eigenvalue weighted by molar-refractivity contribution is 5.91. The summed E-state index contributed by atoms with van der Waals surface area (Å²) < 4.78 is 37.0. The molecule has 0 N–H and O–H groups in total. The van der Waals surface area contributed by atoms with E-state index in [1.165, 1.54) is 13.2 Å². The Labute approximate surface area is 153 Å². The summed E-state index contributed by atoms with van der Waals surface area (Å²) >= 11 is 0. The predicted octanol–water partition coefficient (Wildman–Crippen LogP) is 4.13. The second kappa shape index (κ2) is 7.62. The van der Waals surface area contributed by atoms with Crippen molar-refractivity contribution in [3.8, 4) is 29.0 Å². The first-order valence-corrected chi connectivity index (χ1v) is 7.74. The van der Waals surface area contributed by atoms with Gasteiger partial charge in [-0.25, -0.2) is 18.6 Å². The first-order valence-electron chi connectivity index (χ1n) is 7.74. The Morgan fingerprint density at radius 1 is 1.11 bits per heavy atom. The molecule has 7 heteroatoms. The average molecular weight is 366 g/mol. The van der Waals surface area contributed by atoms with Crippen LogP contribution in [0.15, 0.2) is 54.6 Å². The summed E-state index contributed by atoms with van der Waals surface area (Å²) in [5.41, 5.74) is 0.630. The van der Waals surface area contributed by atoms with Gasteiger partial charge in [-0.2, -0.15) is 5.26 Å². The predicted molar refractivity (Wildman–Crippen MR) is 92.3 cm³/mol. The SMILES string of the molecule is COc1cccc(-c2ccc(C#N)c(OC(=O)c3ccc(F)cc3F)n2)c1. The number of pyridine rings is 1. The number of carbonyl (C=O) groups excluding carboxylic acids is 1. The third-order valence-corrected chi connectivity index (χ3v) is 3.69. The van der Waals surface area contributed by atoms with Crippen molar-refractivity contribution in [2.75, 3.05) is 7.11 Å². The molecule has 0 saturated heterocycles. The Morgan fingerprint density at radius 2 is 1.93 bits per heavy atom. The molecule has 1 heterocycles. The number of nitriles is 1. The van der Waals surface area contributed by atoms with Gasteiger partial charge in [0.05, 0.1) is 18.4 Å². The smallest absolute Gasteiger partial charge is 0.347 e. The topological polar surface area (TPSA) is 72.2 Å².